The maximum atomic E-state index is 13.3. The quantitative estimate of drug-likeness (QED) is 0.604. The van der Waals surface area contributed by atoms with E-state index in [4.69, 9.17) is 11.2 Å². The number of hydrogen-bond donors (Lipinski definition) is 3. The molecule has 2 aromatic rings. The van der Waals surface area contributed by atoms with Crippen LogP contribution in [0.15, 0.2) is 30.5 Å². The van der Waals surface area contributed by atoms with E-state index in [1.165, 1.54) is 11.1 Å². The van der Waals surface area contributed by atoms with E-state index >= 15 is 0 Å². The van der Waals surface area contributed by atoms with Crippen molar-refractivity contribution in [2.45, 2.75) is 38.5 Å². The summed E-state index contributed by atoms with van der Waals surface area (Å²) < 4.78 is 5.49. The second-order valence-corrected chi connectivity index (χ2v) is 7.05. The Bertz CT molecular complexity index is 925. The lowest BCUT2D eigenvalue weighted by Crippen LogP contribution is -2.42. The highest BCUT2D eigenvalue weighted by Gasteiger charge is 2.26. The maximum Gasteiger partial charge on any atom is 0.259 e. The summed E-state index contributed by atoms with van der Waals surface area (Å²) in [7, 11) is 0. The average Bonchev–Trinajstić information content (AvgIpc) is 3.18. The van der Waals surface area contributed by atoms with Crippen LogP contribution >= 0.6 is 0 Å². The van der Waals surface area contributed by atoms with E-state index in [9.17, 15) is 15.0 Å². The number of carbonyl (C=O) groups is 1. The molecule has 0 saturated heterocycles. The molecule has 0 saturated carbocycles. The Balaban J connectivity index is 1.94. The van der Waals surface area contributed by atoms with Crippen molar-refractivity contribution in [2.75, 3.05) is 23.4 Å². The number of anilines is 2. The largest absolute Gasteiger partial charge is 0.493 e. The van der Waals surface area contributed by atoms with E-state index in [0.29, 0.717) is 18.1 Å². The molecular formula is C21H24N4O4. The molecule has 29 heavy (non-hydrogen) atoms. The van der Waals surface area contributed by atoms with Crippen LogP contribution in [0.3, 0.4) is 0 Å². The van der Waals surface area contributed by atoms with Crippen LogP contribution in [0, 0.1) is 12.3 Å². The van der Waals surface area contributed by atoms with E-state index in [2.05, 4.69) is 21.2 Å². The average molecular weight is 396 g/mol. The van der Waals surface area contributed by atoms with E-state index in [-0.39, 0.29) is 24.3 Å². The Labute approximate surface area is 169 Å². The highest BCUT2D eigenvalue weighted by atomic mass is 16.5. The first-order chi connectivity index (χ1) is 13.9. The van der Waals surface area contributed by atoms with Crippen LogP contribution in [0.5, 0.6) is 5.75 Å². The Morgan fingerprint density at radius 2 is 2.17 bits per heavy atom. The number of benzene rings is 1. The Morgan fingerprint density at radius 1 is 1.38 bits per heavy atom. The molecule has 1 unspecified atom stereocenters. The molecule has 2 heterocycles. The summed E-state index contributed by atoms with van der Waals surface area (Å²) in [5, 5.41) is 23.1. The molecule has 0 aliphatic carbocycles. The molecule has 8 nitrogen and oxygen atoms in total. The number of hydrogen-bond acceptors (Lipinski definition) is 7. The molecule has 0 fully saturated rings. The van der Waals surface area contributed by atoms with Crippen molar-refractivity contribution in [3.05, 3.63) is 41.6 Å². The standard InChI is InChI=1S/C21H24N4O4/c1-4-16(26)17(27)12-25(19-7-9-22-21(24-19)23-13(2)3)20(28)15-5-6-18-14(11-15)8-10-29-18/h1,5-7,9,11,13,16-17,26-27H,8,10,12H2,2-3H3,(H,22,23,24)/t16-,17?/m0/s1. The first kappa shape index (κ1) is 20.6. The maximum absolute atomic E-state index is 13.3. The van der Waals surface area contributed by atoms with E-state index in [1.807, 2.05) is 13.8 Å². The third-order valence-corrected chi connectivity index (χ3v) is 4.42. The van der Waals surface area contributed by atoms with Gasteiger partial charge in [0, 0.05) is 24.2 Å². The molecule has 2 atom stereocenters. The Morgan fingerprint density at radius 3 is 2.90 bits per heavy atom. The van der Waals surface area contributed by atoms with E-state index in [0.717, 1.165) is 17.7 Å². The van der Waals surface area contributed by atoms with Crippen LogP contribution < -0.4 is 15.0 Å². The predicted molar refractivity (Wildman–Crippen MR) is 109 cm³/mol. The number of aliphatic hydroxyl groups is 2. The zero-order valence-corrected chi connectivity index (χ0v) is 16.4. The molecule has 1 aliphatic rings. The molecule has 3 rings (SSSR count). The fourth-order valence-corrected chi connectivity index (χ4v) is 2.98. The molecule has 1 aliphatic heterocycles. The summed E-state index contributed by atoms with van der Waals surface area (Å²) in [5.74, 6) is 3.10. The van der Waals surface area contributed by atoms with Gasteiger partial charge in [-0.15, -0.1) is 6.42 Å². The van der Waals surface area contributed by atoms with Crippen LogP contribution in [-0.4, -0.2) is 57.5 Å². The Hall–Kier alpha value is -3.15. The molecule has 0 spiro atoms. The van der Waals surface area contributed by atoms with Crippen molar-refractivity contribution in [1.29, 1.82) is 0 Å². The number of aliphatic hydroxyl groups excluding tert-OH is 2. The molecule has 3 N–H and O–H groups in total. The first-order valence-corrected chi connectivity index (χ1v) is 9.38. The summed E-state index contributed by atoms with van der Waals surface area (Å²) in [6.45, 7) is 4.24. The minimum Gasteiger partial charge on any atom is -0.493 e. The third-order valence-electron chi connectivity index (χ3n) is 4.42. The molecule has 1 aromatic carbocycles. The van der Waals surface area contributed by atoms with Gasteiger partial charge in [-0.1, -0.05) is 5.92 Å². The highest BCUT2D eigenvalue weighted by Crippen LogP contribution is 2.27. The van der Waals surface area contributed by atoms with Gasteiger partial charge < -0.3 is 20.3 Å². The second-order valence-electron chi connectivity index (χ2n) is 7.05. The third kappa shape index (κ3) is 4.83. The van der Waals surface area contributed by atoms with Gasteiger partial charge in [0.1, 0.15) is 23.8 Å². The van der Waals surface area contributed by atoms with Gasteiger partial charge in [0.2, 0.25) is 5.95 Å². The SMILES string of the molecule is C#C[C@H](O)C(O)CN(C(=O)c1ccc2c(c1)CCO2)c1ccnc(NC(C)C)n1. The van der Waals surface area contributed by atoms with Crippen molar-refractivity contribution < 1.29 is 19.7 Å². The molecule has 1 amide bonds. The number of nitrogens with zero attached hydrogens (tertiary/aromatic N) is 3. The van der Waals surface area contributed by atoms with Crippen LogP contribution in [-0.2, 0) is 6.42 Å². The molecule has 0 radical (unpaired) electrons. The number of fused-ring (bicyclic) bond motifs is 1. The summed E-state index contributed by atoms with van der Waals surface area (Å²) >= 11 is 0. The van der Waals surface area contributed by atoms with Crippen molar-refractivity contribution in [2.24, 2.45) is 0 Å². The fourth-order valence-electron chi connectivity index (χ4n) is 2.98. The minimum atomic E-state index is -1.41. The van der Waals surface area contributed by atoms with Gasteiger partial charge in [0.15, 0.2) is 0 Å². The lowest BCUT2D eigenvalue weighted by molar-refractivity contribution is 0.0572. The van der Waals surface area contributed by atoms with E-state index < -0.39 is 12.2 Å². The van der Waals surface area contributed by atoms with Crippen LogP contribution in [0.2, 0.25) is 0 Å². The van der Waals surface area contributed by atoms with Crippen LogP contribution in [0.1, 0.15) is 29.8 Å². The lowest BCUT2D eigenvalue weighted by Gasteiger charge is -2.26. The van der Waals surface area contributed by atoms with Crippen molar-refractivity contribution in [1.82, 2.24) is 9.97 Å². The zero-order valence-electron chi connectivity index (χ0n) is 16.4. The van der Waals surface area contributed by atoms with Gasteiger partial charge in [-0.05, 0) is 43.7 Å². The molecule has 8 heteroatoms. The smallest absolute Gasteiger partial charge is 0.259 e. The number of ether oxygens (including phenoxy) is 1. The number of rotatable bonds is 7. The summed E-state index contributed by atoms with van der Waals surface area (Å²) in [6, 6.07) is 6.86. The first-order valence-electron chi connectivity index (χ1n) is 9.38. The van der Waals surface area contributed by atoms with Crippen molar-refractivity contribution in [3.8, 4) is 18.1 Å². The van der Waals surface area contributed by atoms with Gasteiger partial charge in [-0.25, -0.2) is 4.98 Å². The summed E-state index contributed by atoms with van der Waals surface area (Å²) in [4.78, 5) is 23.1. The molecular weight excluding hydrogens is 372 g/mol. The van der Waals surface area contributed by atoms with Crippen LogP contribution in [0.4, 0.5) is 11.8 Å². The van der Waals surface area contributed by atoms with Crippen LogP contribution in [0.25, 0.3) is 0 Å². The lowest BCUT2D eigenvalue weighted by atomic mass is 10.1. The molecule has 0 bridgehead atoms. The van der Waals surface area contributed by atoms with E-state index in [1.54, 1.807) is 24.3 Å². The van der Waals surface area contributed by atoms with Gasteiger partial charge >= 0.3 is 0 Å². The summed E-state index contributed by atoms with van der Waals surface area (Å²) in [6.07, 6.45) is 4.71. The predicted octanol–water partition coefficient (Wildman–Crippen LogP) is 1.23. The molecule has 1 aromatic heterocycles. The minimum absolute atomic E-state index is 0.0972. The number of terminal acetylenes is 1. The zero-order chi connectivity index (χ0) is 21.0. The second kappa shape index (κ2) is 8.90. The van der Waals surface area contributed by atoms with Gasteiger partial charge in [-0.2, -0.15) is 4.98 Å². The van der Waals surface area contributed by atoms with Gasteiger partial charge in [0.25, 0.3) is 5.91 Å². The highest BCUT2D eigenvalue weighted by molar-refractivity contribution is 6.06. The number of nitrogens with one attached hydrogen (secondary N) is 1. The number of carbonyl (C=O) groups excluding carboxylic acids is 1. The van der Waals surface area contributed by atoms with Crippen molar-refractivity contribution >= 4 is 17.7 Å². The summed E-state index contributed by atoms with van der Waals surface area (Å²) in [5.41, 5.74) is 1.37. The number of aromatic nitrogens is 2. The monoisotopic (exact) mass is 396 g/mol. The van der Waals surface area contributed by atoms with Crippen molar-refractivity contribution in [3.63, 3.8) is 0 Å². The van der Waals surface area contributed by atoms with Gasteiger partial charge in [-0.3, -0.25) is 9.69 Å². The normalized spacial score (nSPS) is 14.5. The fraction of sp³-hybridized carbons (Fsp3) is 0.381. The molecule has 152 valence electrons. The topological polar surface area (TPSA) is 108 Å². The number of amides is 1. The Kier molecular flexibility index (Phi) is 6.32. The van der Waals surface area contributed by atoms with Gasteiger partial charge in [0.05, 0.1) is 13.2 Å².